The quantitative estimate of drug-likeness (QED) is 0.389. The summed E-state index contributed by atoms with van der Waals surface area (Å²) in [5.41, 5.74) is 0. The molecule has 0 saturated heterocycles. The lowest BCUT2D eigenvalue weighted by atomic mass is 9.70. The molecular formula is C5H10BCl. The first-order valence-electron chi connectivity index (χ1n) is 2.99. The molecule has 0 atom stereocenters. The smallest absolute Gasteiger partial charge is 0.125 e. The van der Waals surface area contributed by atoms with E-state index in [2.05, 4.69) is 0 Å². The van der Waals surface area contributed by atoms with Gasteiger partial charge in [-0.3, -0.25) is 0 Å². The minimum absolute atomic E-state index is 0.858. The number of hydrogen-bond acceptors (Lipinski definition) is 0. The molecule has 1 saturated carbocycles. The predicted molar refractivity (Wildman–Crippen MR) is 35.7 cm³/mol. The molecule has 0 unspecified atom stereocenters. The zero-order valence-electron chi connectivity index (χ0n) is 4.49. The zero-order chi connectivity index (χ0) is 5.11. The number of hydrogen-bond donors (Lipinski definition) is 0. The van der Waals surface area contributed by atoms with Gasteiger partial charge in [-0.15, -0.1) is 11.6 Å². The Morgan fingerprint density at radius 3 is 2.71 bits per heavy atom. The van der Waals surface area contributed by atoms with E-state index >= 15 is 0 Å². The summed E-state index contributed by atoms with van der Waals surface area (Å²) >= 11 is 5.47. The van der Waals surface area contributed by atoms with E-state index in [4.69, 9.17) is 11.6 Å². The molecule has 0 N–H and O–H groups in total. The minimum atomic E-state index is 0.858. The van der Waals surface area contributed by atoms with Crippen LogP contribution in [0.3, 0.4) is 0 Å². The van der Waals surface area contributed by atoms with Crippen LogP contribution in [0, 0.1) is 0 Å². The second-order valence-corrected chi connectivity index (χ2v) is 2.65. The Morgan fingerprint density at radius 2 is 2.29 bits per heavy atom. The van der Waals surface area contributed by atoms with E-state index in [0.717, 1.165) is 11.7 Å². The zero-order valence-corrected chi connectivity index (χ0v) is 5.25. The number of rotatable bonds is 3. The van der Waals surface area contributed by atoms with E-state index < -0.39 is 0 Å². The summed E-state index contributed by atoms with van der Waals surface area (Å²) in [6.45, 7) is 0. The van der Waals surface area contributed by atoms with Gasteiger partial charge >= 0.3 is 0 Å². The highest BCUT2D eigenvalue weighted by Gasteiger charge is 2.20. The lowest BCUT2D eigenvalue weighted by Gasteiger charge is -1.84. The highest BCUT2D eigenvalue weighted by Crippen LogP contribution is 2.35. The Kier molecular flexibility index (Phi) is 2.05. The van der Waals surface area contributed by atoms with Crippen molar-refractivity contribution in [2.24, 2.45) is 0 Å². The van der Waals surface area contributed by atoms with Gasteiger partial charge in [-0.1, -0.05) is 25.0 Å². The molecule has 0 aromatic carbocycles. The van der Waals surface area contributed by atoms with Crippen LogP contribution in [0.4, 0.5) is 0 Å². The first kappa shape index (κ1) is 5.49. The SMILES string of the molecule is ClCCBC1CC1. The van der Waals surface area contributed by atoms with Crippen LogP contribution in [-0.4, -0.2) is 13.2 Å². The molecular weight excluding hydrogens is 106 g/mol. The second-order valence-electron chi connectivity index (χ2n) is 2.27. The normalized spacial score (nSPS) is 19.6. The van der Waals surface area contributed by atoms with Crippen LogP contribution in [0.1, 0.15) is 12.8 Å². The molecule has 7 heavy (non-hydrogen) atoms. The Balaban J connectivity index is 1.80. The predicted octanol–water partition coefficient (Wildman–Crippen LogP) is 1.66. The fraction of sp³-hybridized carbons (Fsp3) is 1.00. The molecule has 0 spiro atoms. The summed E-state index contributed by atoms with van der Waals surface area (Å²) in [5.74, 6) is 1.93. The van der Waals surface area contributed by atoms with Gasteiger partial charge in [-0.05, 0) is 0 Å². The van der Waals surface area contributed by atoms with E-state index in [1.807, 2.05) is 0 Å². The summed E-state index contributed by atoms with van der Waals surface area (Å²) in [4.78, 5) is 0. The van der Waals surface area contributed by atoms with Gasteiger partial charge in [0.1, 0.15) is 7.28 Å². The average Bonchev–Trinajstić information content (AvgIpc) is 2.42. The van der Waals surface area contributed by atoms with Crippen LogP contribution in [0.2, 0.25) is 12.1 Å². The summed E-state index contributed by atoms with van der Waals surface area (Å²) in [7, 11) is 1.38. The standard InChI is InChI=1S/C5H10BCl/c7-4-3-6-5-1-2-5/h5-6H,1-4H2. The molecule has 1 fully saturated rings. The summed E-state index contributed by atoms with van der Waals surface area (Å²) in [5, 5.41) is 0. The molecule has 0 aromatic rings. The van der Waals surface area contributed by atoms with Gasteiger partial charge in [0, 0.05) is 5.88 Å². The van der Waals surface area contributed by atoms with E-state index in [1.165, 1.54) is 26.4 Å². The molecule has 1 aliphatic rings. The summed E-state index contributed by atoms with van der Waals surface area (Å²) < 4.78 is 0. The van der Waals surface area contributed by atoms with Gasteiger partial charge in [0.2, 0.25) is 0 Å². The molecule has 0 radical (unpaired) electrons. The van der Waals surface area contributed by atoms with Crippen molar-refractivity contribution in [1.82, 2.24) is 0 Å². The number of alkyl halides is 1. The first-order chi connectivity index (χ1) is 3.43. The van der Waals surface area contributed by atoms with Gasteiger partial charge in [-0.25, -0.2) is 0 Å². The van der Waals surface area contributed by atoms with Gasteiger partial charge in [0.15, 0.2) is 0 Å². The Hall–Kier alpha value is 0.355. The molecule has 0 nitrogen and oxygen atoms in total. The van der Waals surface area contributed by atoms with E-state index in [9.17, 15) is 0 Å². The van der Waals surface area contributed by atoms with Crippen LogP contribution >= 0.6 is 11.6 Å². The lowest BCUT2D eigenvalue weighted by Crippen LogP contribution is -1.86. The highest BCUT2D eigenvalue weighted by atomic mass is 35.5. The monoisotopic (exact) mass is 116 g/mol. The molecule has 1 rings (SSSR count). The number of halogens is 1. The van der Waals surface area contributed by atoms with E-state index in [-0.39, 0.29) is 0 Å². The van der Waals surface area contributed by atoms with Crippen molar-refractivity contribution in [3.05, 3.63) is 0 Å². The van der Waals surface area contributed by atoms with Gasteiger partial charge in [0.05, 0.1) is 0 Å². The average molecular weight is 116 g/mol. The summed E-state index contributed by atoms with van der Waals surface area (Å²) in [6, 6.07) is 0. The van der Waals surface area contributed by atoms with Crippen LogP contribution in [0.25, 0.3) is 0 Å². The Bertz CT molecular complexity index is 52.0. The van der Waals surface area contributed by atoms with Gasteiger partial charge in [0.25, 0.3) is 0 Å². The van der Waals surface area contributed by atoms with Gasteiger partial charge in [-0.2, -0.15) is 0 Å². The first-order valence-corrected chi connectivity index (χ1v) is 3.53. The topological polar surface area (TPSA) is 0 Å². The van der Waals surface area contributed by atoms with E-state index in [0.29, 0.717) is 0 Å². The minimum Gasteiger partial charge on any atom is -0.127 e. The van der Waals surface area contributed by atoms with Crippen molar-refractivity contribution in [2.75, 3.05) is 5.88 Å². The second kappa shape index (κ2) is 2.61. The lowest BCUT2D eigenvalue weighted by molar-refractivity contribution is 1.35. The van der Waals surface area contributed by atoms with Crippen LogP contribution in [-0.2, 0) is 0 Å². The van der Waals surface area contributed by atoms with Crippen molar-refractivity contribution in [1.29, 1.82) is 0 Å². The maximum absolute atomic E-state index is 5.47. The molecule has 0 bridgehead atoms. The highest BCUT2D eigenvalue weighted by molar-refractivity contribution is 6.40. The van der Waals surface area contributed by atoms with Crippen molar-refractivity contribution < 1.29 is 0 Å². The maximum Gasteiger partial charge on any atom is 0.125 e. The molecule has 2 heteroatoms. The molecule has 0 amide bonds. The Morgan fingerprint density at radius 1 is 1.57 bits per heavy atom. The third-order valence-electron chi connectivity index (χ3n) is 1.44. The molecule has 40 valence electrons. The van der Waals surface area contributed by atoms with Crippen LogP contribution in [0.5, 0.6) is 0 Å². The fourth-order valence-corrected chi connectivity index (χ4v) is 0.927. The van der Waals surface area contributed by atoms with E-state index in [1.54, 1.807) is 0 Å². The fourth-order valence-electron chi connectivity index (χ4n) is 0.772. The molecule has 0 aliphatic heterocycles. The van der Waals surface area contributed by atoms with Crippen LogP contribution < -0.4 is 0 Å². The van der Waals surface area contributed by atoms with Gasteiger partial charge < -0.3 is 0 Å². The molecule has 1 aliphatic carbocycles. The van der Waals surface area contributed by atoms with Crippen molar-refractivity contribution in [2.45, 2.75) is 25.0 Å². The molecule has 0 aromatic heterocycles. The molecule has 0 heterocycles. The van der Waals surface area contributed by atoms with Crippen molar-refractivity contribution in [3.8, 4) is 0 Å². The summed E-state index contributed by atoms with van der Waals surface area (Å²) in [6.07, 6.45) is 4.17. The third kappa shape index (κ3) is 2.23. The Labute approximate surface area is 50.5 Å². The van der Waals surface area contributed by atoms with Crippen LogP contribution in [0.15, 0.2) is 0 Å². The maximum atomic E-state index is 5.47. The van der Waals surface area contributed by atoms with Crippen molar-refractivity contribution in [3.63, 3.8) is 0 Å². The van der Waals surface area contributed by atoms with Crippen molar-refractivity contribution >= 4 is 18.9 Å². The largest absolute Gasteiger partial charge is 0.127 e. The third-order valence-corrected chi connectivity index (χ3v) is 1.71.